The lowest BCUT2D eigenvalue weighted by atomic mass is 9.84. The number of aliphatic hydroxyl groups is 1. The molecule has 0 spiro atoms. The van der Waals surface area contributed by atoms with Crippen molar-refractivity contribution < 1.29 is 37.3 Å². The van der Waals surface area contributed by atoms with Crippen LogP contribution in [0.5, 0.6) is 0 Å². The molecule has 10 nitrogen and oxygen atoms in total. The van der Waals surface area contributed by atoms with E-state index in [0.29, 0.717) is 17.7 Å². The first kappa shape index (κ1) is 27.9. The van der Waals surface area contributed by atoms with E-state index < -0.39 is 52.0 Å². The quantitative estimate of drug-likeness (QED) is 0.292. The van der Waals surface area contributed by atoms with Crippen LogP contribution in [0.4, 0.5) is 10.5 Å². The number of esters is 1. The molecule has 3 atom stereocenters. The minimum Gasteiger partial charge on any atom is -0.465 e. The van der Waals surface area contributed by atoms with Gasteiger partial charge in [-0.05, 0) is 70.9 Å². The number of ether oxygens (including phenoxy) is 3. The number of amides is 1. The maximum Gasteiger partial charge on any atom is 0.407 e. The van der Waals surface area contributed by atoms with Crippen molar-refractivity contribution in [3.63, 3.8) is 0 Å². The Kier molecular flexibility index (Phi) is 7.48. The molecule has 2 aromatic carbocycles. The van der Waals surface area contributed by atoms with Gasteiger partial charge in [0.1, 0.15) is 17.3 Å². The first-order chi connectivity index (χ1) is 17.8. The van der Waals surface area contributed by atoms with Gasteiger partial charge in [0.2, 0.25) is 0 Å². The van der Waals surface area contributed by atoms with Crippen molar-refractivity contribution in [1.82, 2.24) is 5.32 Å². The van der Waals surface area contributed by atoms with E-state index in [0.717, 1.165) is 5.56 Å². The zero-order chi connectivity index (χ0) is 27.9. The second-order valence-corrected chi connectivity index (χ2v) is 12.4. The number of epoxide rings is 1. The molecule has 2 aliphatic rings. The highest BCUT2D eigenvalue weighted by molar-refractivity contribution is 7.92. The Morgan fingerprint density at radius 2 is 1.84 bits per heavy atom. The molecule has 1 saturated heterocycles. The minimum atomic E-state index is -4.10. The Morgan fingerprint density at radius 3 is 2.45 bits per heavy atom. The molecule has 2 aliphatic heterocycles. The topological polar surface area (TPSA) is 135 Å². The van der Waals surface area contributed by atoms with E-state index in [2.05, 4.69) is 5.32 Å². The fourth-order valence-electron chi connectivity index (χ4n) is 4.85. The molecule has 2 heterocycles. The molecule has 206 valence electrons. The van der Waals surface area contributed by atoms with Crippen molar-refractivity contribution in [2.75, 3.05) is 24.6 Å². The molecule has 38 heavy (non-hydrogen) atoms. The van der Waals surface area contributed by atoms with E-state index in [1.807, 2.05) is 6.92 Å². The molecule has 0 aliphatic carbocycles. The molecule has 4 rings (SSSR count). The molecule has 1 fully saturated rings. The van der Waals surface area contributed by atoms with E-state index in [1.165, 1.54) is 17.5 Å². The molecule has 11 heteroatoms. The number of nitrogens with zero attached hydrogens (tertiary/aromatic N) is 1. The normalized spacial score (nSPS) is 22.2. The number of aliphatic hydroxyl groups excluding tert-OH is 1. The minimum absolute atomic E-state index is 0.0927. The van der Waals surface area contributed by atoms with Crippen LogP contribution >= 0.6 is 0 Å². The predicted molar refractivity (Wildman–Crippen MR) is 140 cm³/mol. The van der Waals surface area contributed by atoms with Crippen LogP contribution in [-0.4, -0.2) is 63.1 Å². The second kappa shape index (κ2) is 10.2. The molecule has 0 bridgehead atoms. The smallest absolute Gasteiger partial charge is 0.407 e. The number of aryl methyl sites for hydroxylation is 1. The number of benzene rings is 2. The number of carbonyl (C=O) groups excluding carboxylic acids is 2. The number of methoxy groups -OCH3 is 1. The van der Waals surface area contributed by atoms with E-state index >= 15 is 0 Å². The summed E-state index contributed by atoms with van der Waals surface area (Å²) in [6.45, 7) is 6.97. The Hall–Kier alpha value is -3.15. The predicted octanol–water partition coefficient (Wildman–Crippen LogP) is 3.47. The molecule has 0 aromatic heterocycles. The fraction of sp³-hybridized carbons (Fsp3) is 0.481. The van der Waals surface area contributed by atoms with Gasteiger partial charge >= 0.3 is 12.1 Å². The molecule has 2 unspecified atom stereocenters. The van der Waals surface area contributed by atoms with Gasteiger partial charge in [-0.3, -0.25) is 4.31 Å². The average Bonchev–Trinajstić information content (AvgIpc) is 3.61. The summed E-state index contributed by atoms with van der Waals surface area (Å²) >= 11 is 0. The van der Waals surface area contributed by atoms with Gasteiger partial charge in [-0.25, -0.2) is 18.0 Å². The standard InChI is InChI=1S/C27H34N2O8S/c1-17-8-11-19(12-9-17)38(33,34)29-21-13-10-18(24(31)35-5)15-20(21)23-27(16-30,36-23)22(29)7-6-14-28-25(32)37-26(2,3)4/h8-13,15,22-23,30H,6-7,14,16H2,1-5H3,(H,28,32)/t22-,23?,27?/m0/s1. The van der Waals surface area contributed by atoms with Crippen molar-refractivity contribution in [2.24, 2.45) is 0 Å². The number of carbonyl (C=O) groups is 2. The highest BCUT2D eigenvalue weighted by Gasteiger charge is 2.68. The zero-order valence-corrected chi connectivity index (χ0v) is 23.0. The number of nitrogens with one attached hydrogen (secondary N) is 1. The molecular weight excluding hydrogens is 512 g/mol. The van der Waals surface area contributed by atoms with Gasteiger partial charge < -0.3 is 24.6 Å². The van der Waals surface area contributed by atoms with Crippen LogP contribution in [0, 0.1) is 6.92 Å². The number of alkyl carbamates (subject to hydrolysis) is 1. The number of fused-ring (bicyclic) bond motifs is 3. The Labute approximate surface area is 222 Å². The largest absolute Gasteiger partial charge is 0.465 e. The van der Waals surface area contributed by atoms with Gasteiger partial charge in [0.15, 0.2) is 0 Å². The Bertz CT molecular complexity index is 1320. The third-order valence-corrected chi connectivity index (χ3v) is 8.52. The van der Waals surface area contributed by atoms with Crippen LogP contribution < -0.4 is 9.62 Å². The van der Waals surface area contributed by atoms with Gasteiger partial charge in [0, 0.05) is 12.1 Å². The summed E-state index contributed by atoms with van der Waals surface area (Å²) < 4.78 is 45.6. The van der Waals surface area contributed by atoms with Crippen molar-refractivity contribution in [1.29, 1.82) is 0 Å². The molecule has 0 radical (unpaired) electrons. The van der Waals surface area contributed by atoms with Gasteiger partial charge in [-0.2, -0.15) is 0 Å². The number of anilines is 1. The number of hydrogen-bond acceptors (Lipinski definition) is 8. The van der Waals surface area contributed by atoms with E-state index in [-0.39, 0.29) is 23.4 Å². The maximum atomic E-state index is 14.1. The Morgan fingerprint density at radius 1 is 1.16 bits per heavy atom. The summed E-state index contributed by atoms with van der Waals surface area (Å²) in [6.07, 6.45) is -0.475. The first-order valence-corrected chi connectivity index (χ1v) is 13.9. The van der Waals surface area contributed by atoms with Crippen molar-refractivity contribution in [3.8, 4) is 0 Å². The van der Waals surface area contributed by atoms with Gasteiger partial charge in [-0.1, -0.05) is 17.7 Å². The highest BCUT2D eigenvalue weighted by atomic mass is 32.2. The summed E-state index contributed by atoms with van der Waals surface area (Å²) in [4.78, 5) is 24.4. The third kappa shape index (κ3) is 5.23. The summed E-state index contributed by atoms with van der Waals surface area (Å²) in [5.74, 6) is -0.564. The lowest BCUT2D eigenvalue weighted by Gasteiger charge is -2.40. The summed E-state index contributed by atoms with van der Waals surface area (Å²) in [7, 11) is -2.83. The molecule has 2 aromatic rings. The molecule has 0 saturated carbocycles. The third-order valence-electron chi connectivity index (χ3n) is 6.69. The molecule has 2 N–H and O–H groups in total. The van der Waals surface area contributed by atoms with E-state index in [9.17, 15) is 23.1 Å². The number of rotatable bonds is 8. The second-order valence-electron chi connectivity index (χ2n) is 10.6. The van der Waals surface area contributed by atoms with Crippen molar-refractivity contribution >= 4 is 27.8 Å². The number of sulfonamides is 1. The first-order valence-electron chi connectivity index (χ1n) is 12.4. The zero-order valence-electron chi connectivity index (χ0n) is 22.2. The van der Waals surface area contributed by atoms with Crippen LogP contribution in [-0.2, 0) is 24.2 Å². The average molecular weight is 547 g/mol. The van der Waals surface area contributed by atoms with Crippen LogP contribution in [0.15, 0.2) is 47.4 Å². The fourth-order valence-corrected chi connectivity index (χ4v) is 6.60. The van der Waals surface area contributed by atoms with Crippen molar-refractivity contribution in [2.45, 2.75) is 68.8 Å². The summed E-state index contributed by atoms with van der Waals surface area (Å²) in [5.41, 5.74) is 0.186. The lowest BCUT2D eigenvalue weighted by Crippen LogP contribution is -2.53. The molecular formula is C27H34N2O8S. The maximum absolute atomic E-state index is 14.1. The monoisotopic (exact) mass is 546 g/mol. The van der Waals surface area contributed by atoms with Gasteiger partial charge in [0.05, 0.1) is 35.9 Å². The summed E-state index contributed by atoms with van der Waals surface area (Å²) in [6, 6.07) is 10.4. The van der Waals surface area contributed by atoms with Crippen LogP contribution in [0.2, 0.25) is 0 Å². The van der Waals surface area contributed by atoms with Gasteiger partial charge in [-0.15, -0.1) is 0 Å². The number of hydrogen-bond donors (Lipinski definition) is 2. The lowest BCUT2D eigenvalue weighted by molar-refractivity contribution is 0.0524. The van der Waals surface area contributed by atoms with E-state index in [1.54, 1.807) is 57.2 Å². The molecule has 1 amide bonds. The Balaban J connectivity index is 1.70. The SMILES string of the molecule is COC(=O)c1ccc2c(c1)C1OC1(CO)[C@H](CCCNC(=O)OC(C)(C)C)N2S(=O)(=O)c1ccc(C)cc1. The summed E-state index contributed by atoms with van der Waals surface area (Å²) in [5, 5.41) is 13.1. The van der Waals surface area contributed by atoms with Crippen LogP contribution in [0.3, 0.4) is 0 Å². The van der Waals surface area contributed by atoms with Crippen LogP contribution in [0.25, 0.3) is 0 Å². The van der Waals surface area contributed by atoms with Crippen LogP contribution in [0.1, 0.15) is 61.2 Å². The highest BCUT2D eigenvalue weighted by Crippen LogP contribution is 2.61. The van der Waals surface area contributed by atoms with Crippen molar-refractivity contribution in [3.05, 3.63) is 59.2 Å². The van der Waals surface area contributed by atoms with E-state index in [4.69, 9.17) is 14.2 Å². The van der Waals surface area contributed by atoms with Gasteiger partial charge in [0.25, 0.3) is 10.0 Å².